The molecule has 0 atom stereocenters. The summed E-state index contributed by atoms with van der Waals surface area (Å²) in [4.78, 5) is 7.45. The highest BCUT2D eigenvalue weighted by Gasteiger charge is 2.10. The topological polar surface area (TPSA) is 24.9 Å². The van der Waals surface area contributed by atoms with Crippen molar-refractivity contribution in [3.63, 3.8) is 0 Å². The minimum atomic E-state index is 0.784. The van der Waals surface area contributed by atoms with Crippen molar-refractivity contribution in [1.82, 2.24) is 10.3 Å². The molecule has 1 N–H and O–H groups in total. The van der Waals surface area contributed by atoms with E-state index in [0.29, 0.717) is 0 Å². The quantitative estimate of drug-likeness (QED) is 0.672. The van der Waals surface area contributed by atoms with Crippen molar-refractivity contribution in [1.29, 1.82) is 0 Å². The van der Waals surface area contributed by atoms with Gasteiger partial charge in [-0.05, 0) is 37.2 Å². The molecule has 2 nitrogen and oxygen atoms in total. The molecule has 0 fully saturated rings. The van der Waals surface area contributed by atoms with Crippen molar-refractivity contribution in [3.8, 4) is 0 Å². The van der Waals surface area contributed by atoms with Gasteiger partial charge >= 0.3 is 0 Å². The lowest BCUT2D eigenvalue weighted by Crippen LogP contribution is -2.11. The van der Waals surface area contributed by atoms with Crippen molar-refractivity contribution >= 4 is 34.7 Å². The smallest absolute Gasteiger partial charge is 0.103 e. The monoisotopic (exact) mass is 340 g/mol. The highest BCUT2D eigenvalue weighted by Crippen LogP contribution is 2.28. The SMILES string of the molecule is CCCc1nc(CSc2ccc(Cl)cc2)sc1CNCC. The summed E-state index contributed by atoms with van der Waals surface area (Å²) in [5.74, 6) is 0.926. The van der Waals surface area contributed by atoms with Crippen LogP contribution in [-0.2, 0) is 18.7 Å². The number of nitrogens with zero attached hydrogens (tertiary/aromatic N) is 1. The molecule has 2 aromatic rings. The van der Waals surface area contributed by atoms with Crippen molar-refractivity contribution in [2.75, 3.05) is 6.54 Å². The van der Waals surface area contributed by atoms with E-state index in [2.05, 4.69) is 31.3 Å². The van der Waals surface area contributed by atoms with Crippen LogP contribution in [0.1, 0.15) is 35.8 Å². The van der Waals surface area contributed by atoms with Crippen LogP contribution in [0.4, 0.5) is 0 Å². The van der Waals surface area contributed by atoms with E-state index in [0.717, 1.165) is 36.7 Å². The lowest BCUT2D eigenvalue weighted by Gasteiger charge is -2.00. The van der Waals surface area contributed by atoms with Crippen LogP contribution in [0.2, 0.25) is 5.02 Å². The molecule has 0 spiro atoms. The maximum absolute atomic E-state index is 5.91. The third-order valence-electron chi connectivity index (χ3n) is 3.02. The summed E-state index contributed by atoms with van der Waals surface area (Å²) >= 11 is 9.57. The lowest BCUT2D eigenvalue weighted by molar-refractivity contribution is 0.723. The molecule has 2 rings (SSSR count). The van der Waals surface area contributed by atoms with Crippen molar-refractivity contribution in [3.05, 3.63) is 44.9 Å². The molecule has 0 unspecified atom stereocenters. The minimum Gasteiger partial charge on any atom is -0.312 e. The van der Waals surface area contributed by atoms with Crippen molar-refractivity contribution in [2.24, 2.45) is 0 Å². The van der Waals surface area contributed by atoms with Gasteiger partial charge in [-0.3, -0.25) is 0 Å². The molecule has 114 valence electrons. The van der Waals surface area contributed by atoms with Gasteiger partial charge in [0.05, 0.1) is 11.4 Å². The Morgan fingerprint density at radius 1 is 1.24 bits per heavy atom. The van der Waals surface area contributed by atoms with Gasteiger partial charge in [0.15, 0.2) is 0 Å². The van der Waals surface area contributed by atoms with Gasteiger partial charge in [-0.25, -0.2) is 4.98 Å². The number of thioether (sulfide) groups is 1. The Kier molecular flexibility index (Phi) is 7.04. The zero-order valence-corrected chi connectivity index (χ0v) is 14.9. The van der Waals surface area contributed by atoms with Crippen molar-refractivity contribution < 1.29 is 0 Å². The predicted molar refractivity (Wildman–Crippen MR) is 94.5 cm³/mol. The summed E-state index contributed by atoms with van der Waals surface area (Å²) in [6.45, 7) is 6.28. The normalized spacial score (nSPS) is 11.0. The van der Waals surface area contributed by atoms with Crippen LogP contribution in [0, 0.1) is 0 Å². The van der Waals surface area contributed by atoms with Crippen LogP contribution < -0.4 is 5.32 Å². The zero-order valence-electron chi connectivity index (χ0n) is 12.5. The first-order chi connectivity index (χ1) is 10.2. The van der Waals surface area contributed by atoms with E-state index in [1.165, 1.54) is 20.5 Å². The number of benzene rings is 1. The molecule has 0 aliphatic rings. The number of hydrogen-bond acceptors (Lipinski definition) is 4. The number of thiazole rings is 1. The standard InChI is InChI=1S/C16H21ClN2S2/c1-3-5-14-15(10-18-4-2)21-16(19-14)11-20-13-8-6-12(17)7-9-13/h6-9,18H,3-5,10-11H2,1-2H3. The zero-order chi connectivity index (χ0) is 15.1. The van der Waals surface area contributed by atoms with E-state index < -0.39 is 0 Å². The van der Waals surface area contributed by atoms with E-state index in [1.807, 2.05) is 35.2 Å². The minimum absolute atomic E-state index is 0.784. The van der Waals surface area contributed by atoms with Crippen LogP contribution >= 0.6 is 34.7 Å². The number of halogens is 1. The number of aromatic nitrogens is 1. The summed E-state index contributed by atoms with van der Waals surface area (Å²) < 4.78 is 0. The van der Waals surface area contributed by atoms with Gasteiger partial charge in [0.2, 0.25) is 0 Å². The highest BCUT2D eigenvalue weighted by atomic mass is 35.5. The molecule has 0 amide bonds. The molecular formula is C16H21ClN2S2. The molecule has 0 radical (unpaired) electrons. The molecule has 0 saturated carbocycles. The van der Waals surface area contributed by atoms with Crippen LogP contribution in [0.15, 0.2) is 29.2 Å². The predicted octanol–water partition coefficient (Wildman–Crippen LogP) is 5.15. The van der Waals surface area contributed by atoms with E-state index >= 15 is 0 Å². The summed E-state index contributed by atoms with van der Waals surface area (Å²) in [5.41, 5.74) is 1.27. The highest BCUT2D eigenvalue weighted by molar-refractivity contribution is 7.98. The molecule has 0 bridgehead atoms. The third-order valence-corrected chi connectivity index (χ3v) is 5.58. The van der Waals surface area contributed by atoms with E-state index in [1.54, 1.807) is 0 Å². The average molecular weight is 341 g/mol. The van der Waals surface area contributed by atoms with E-state index in [4.69, 9.17) is 16.6 Å². The summed E-state index contributed by atoms with van der Waals surface area (Å²) in [6.07, 6.45) is 2.22. The van der Waals surface area contributed by atoms with Gasteiger partial charge in [0, 0.05) is 21.3 Å². The maximum atomic E-state index is 5.91. The Labute approximate surface area is 140 Å². The molecule has 21 heavy (non-hydrogen) atoms. The maximum Gasteiger partial charge on any atom is 0.103 e. The van der Waals surface area contributed by atoms with Crippen LogP contribution in [0.3, 0.4) is 0 Å². The number of hydrogen-bond donors (Lipinski definition) is 1. The lowest BCUT2D eigenvalue weighted by atomic mass is 10.2. The van der Waals surface area contributed by atoms with Gasteiger partial charge in [0.1, 0.15) is 5.01 Å². The molecular weight excluding hydrogens is 320 g/mol. The Bertz CT molecular complexity index is 552. The number of nitrogens with one attached hydrogen (secondary N) is 1. The van der Waals surface area contributed by atoms with E-state index in [-0.39, 0.29) is 0 Å². The Balaban J connectivity index is 2.00. The first-order valence-electron chi connectivity index (χ1n) is 7.29. The average Bonchev–Trinajstić information content (AvgIpc) is 2.87. The second-order valence-electron chi connectivity index (χ2n) is 4.75. The first-order valence-corrected chi connectivity index (χ1v) is 9.47. The second kappa shape index (κ2) is 8.79. The van der Waals surface area contributed by atoms with Gasteiger partial charge in [-0.15, -0.1) is 23.1 Å². The van der Waals surface area contributed by atoms with Gasteiger partial charge in [-0.2, -0.15) is 0 Å². The molecule has 5 heteroatoms. The summed E-state index contributed by atoms with van der Waals surface area (Å²) in [7, 11) is 0. The fourth-order valence-electron chi connectivity index (χ4n) is 1.98. The van der Waals surface area contributed by atoms with Crippen LogP contribution in [0.25, 0.3) is 0 Å². The number of rotatable bonds is 8. The van der Waals surface area contributed by atoms with Crippen molar-refractivity contribution in [2.45, 2.75) is 43.9 Å². The largest absolute Gasteiger partial charge is 0.312 e. The summed E-state index contributed by atoms with van der Waals surface area (Å²) in [5, 5.41) is 5.40. The Morgan fingerprint density at radius 2 is 2.00 bits per heavy atom. The third kappa shape index (κ3) is 5.29. The molecule has 1 aromatic heterocycles. The fraction of sp³-hybridized carbons (Fsp3) is 0.438. The molecule has 1 aromatic carbocycles. The van der Waals surface area contributed by atoms with E-state index in [9.17, 15) is 0 Å². The molecule has 0 aliphatic heterocycles. The van der Waals surface area contributed by atoms with Gasteiger partial charge in [-0.1, -0.05) is 31.9 Å². The molecule has 0 saturated heterocycles. The fourth-order valence-corrected chi connectivity index (χ4v) is 4.08. The summed E-state index contributed by atoms with van der Waals surface area (Å²) in [6, 6.07) is 8.00. The molecule has 1 heterocycles. The van der Waals surface area contributed by atoms with Gasteiger partial charge < -0.3 is 5.32 Å². The van der Waals surface area contributed by atoms with Crippen LogP contribution in [-0.4, -0.2) is 11.5 Å². The Morgan fingerprint density at radius 3 is 2.67 bits per heavy atom. The van der Waals surface area contributed by atoms with Gasteiger partial charge in [0.25, 0.3) is 0 Å². The van der Waals surface area contributed by atoms with Crippen LogP contribution in [0.5, 0.6) is 0 Å². The second-order valence-corrected chi connectivity index (χ2v) is 7.40. The Hall–Kier alpha value is -0.550. The molecule has 0 aliphatic carbocycles. The first kappa shape index (κ1) is 16.8. The number of aryl methyl sites for hydroxylation is 1.